The molecule has 24 heavy (non-hydrogen) atoms. The molecule has 0 unspecified atom stereocenters. The molecule has 2 aromatic carbocycles. The number of rotatable bonds is 5. The smallest absolute Gasteiger partial charge is 0.252 e. The largest absolute Gasteiger partial charge is 0.508 e. The summed E-state index contributed by atoms with van der Waals surface area (Å²) >= 11 is 0. The fraction of sp³-hybridized carbons (Fsp3) is 0.211. The zero-order valence-corrected chi connectivity index (χ0v) is 13.7. The van der Waals surface area contributed by atoms with Crippen LogP contribution in [0.4, 0.5) is 0 Å². The fourth-order valence-electron chi connectivity index (χ4n) is 2.79. The Morgan fingerprint density at radius 1 is 1.12 bits per heavy atom. The molecule has 5 heteroatoms. The van der Waals surface area contributed by atoms with Crippen LogP contribution in [-0.4, -0.2) is 29.1 Å². The highest BCUT2D eigenvalue weighted by atomic mass is 16.5. The van der Waals surface area contributed by atoms with Crippen LogP contribution in [0, 0.1) is 0 Å². The average Bonchev–Trinajstić information content (AvgIpc) is 2.55. The molecular weight excluding hydrogens is 304 g/mol. The third-order valence-corrected chi connectivity index (χ3v) is 3.93. The number of pyridine rings is 1. The van der Waals surface area contributed by atoms with E-state index in [4.69, 9.17) is 4.74 Å². The van der Waals surface area contributed by atoms with Crippen LogP contribution >= 0.6 is 0 Å². The monoisotopic (exact) mass is 324 g/mol. The maximum absolute atomic E-state index is 12.3. The van der Waals surface area contributed by atoms with Crippen LogP contribution in [0.15, 0.2) is 53.3 Å². The van der Waals surface area contributed by atoms with Crippen LogP contribution in [-0.2, 0) is 13.1 Å². The summed E-state index contributed by atoms with van der Waals surface area (Å²) < 4.78 is 5.24. The third-order valence-electron chi connectivity index (χ3n) is 3.93. The lowest BCUT2D eigenvalue weighted by Gasteiger charge is -2.17. The zero-order chi connectivity index (χ0) is 17.1. The summed E-state index contributed by atoms with van der Waals surface area (Å²) in [6.07, 6.45) is 0. The van der Waals surface area contributed by atoms with Crippen LogP contribution in [0.2, 0.25) is 0 Å². The number of ether oxygens (including phenoxy) is 1. The quantitative estimate of drug-likeness (QED) is 0.757. The number of phenols is 1. The highest BCUT2D eigenvalue weighted by Gasteiger charge is 2.08. The Balaban J connectivity index is 1.83. The molecule has 0 saturated heterocycles. The first-order valence-electron chi connectivity index (χ1n) is 7.71. The molecule has 0 spiro atoms. The molecule has 3 aromatic rings. The summed E-state index contributed by atoms with van der Waals surface area (Å²) in [5.41, 5.74) is 2.39. The van der Waals surface area contributed by atoms with E-state index >= 15 is 0 Å². The van der Waals surface area contributed by atoms with E-state index in [0.29, 0.717) is 18.7 Å². The van der Waals surface area contributed by atoms with Crippen LogP contribution in [0.5, 0.6) is 11.5 Å². The van der Waals surface area contributed by atoms with Crippen molar-refractivity contribution in [1.29, 1.82) is 0 Å². The molecular formula is C19H20N2O3. The number of hydrogen-bond donors (Lipinski definition) is 2. The van der Waals surface area contributed by atoms with Gasteiger partial charge in [-0.3, -0.25) is 9.69 Å². The van der Waals surface area contributed by atoms with E-state index in [9.17, 15) is 9.90 Å². The second kappa shape index (κ2) is 6.76. The van der Waals surface area contributed by atoms with Gasteiger partial charge in [0.25, 0.3) is 5.56 Å². The van der Waals surface area contributed by atoms with E-state index < -0.39 is 0 Å². The third kappa shape index (κ3) is 3.58. The number of methoxy groups -OCH3 is 1. The minimum atomic E-state index is -0.0876. The van der Waals surface area contributed by atoms with Gasteiger partial charge < -0.3 is 14.8 Å². The van der Waals surface area contributed by atoms with Crippen molar-refractivity contribution in [2.75, 3.05) is 14.2 Å². The second-order valence-corrected chi connectivity index (χ2v) is 5.92. The number of aromatic nitrogens is 1. The van der Waals surface area contributed by atoms with Gasteiger partial charge in [0.05, 0.1) is 7.11 Å². The number of H-pyrrole nitrogens is 1. The topological polar surface area (TPSA) is 65.6 Å². The Bertz CT molecular complexity index is 918. The molecule has 1 aromatic heterocycles. The standard InChI is InChI=1S/C19H20N2O3/c1-21(11-13-4-3-5-16(22)8-13)12-15-9-14-10-17(24-2)6-7-18(14)20-19(15)23/h3-10,22H,11-12H2,1-2H3,(H,20,23). The van der Waals surface area contributed by atoms with Crippen molar-refractivity contribution in [3.05, 3.63) is 70.0 Å². The Morgan fingerprint density at radius 2 is 1.96 bits per heavy atom. The van der Waals surface area contributed by atoms with Gasteiger partial charge in [0.15, 0.2) is 0 Å². The number of phenolic OH excluding ortho intramolecular Hbond substituents is 1. The molecule has 2 N–H and O–H groups in total. The molecule has 0 aliphatic carbocycles. The minimum Gasteiger partial charge on any atom is -0.508 e. The van der Waals surface area contributed by atoms with Crippen LogP contribution in [0.25, 0.3) is 10.9 Å². The van der Waals surface area contributed by atoms with Gasteiger partial charge in [-0.15, -0.1) is 0 Å². The van der Waals surface area contributed by atoms with Crippen LogP contribution < -0.4 is 10.3 Å². The van der Waals surface area contributed by atoms with E-state index in [0.717, 1.165) is 22.2 Å². The number of benzene rings is 2. The van der Waals surface area contributed by atoms with E-state index in [-0.39, 0.29) is 11.3 Å². The molecule has 3 rings (SSSR count). The SMILES string of the molecule is COc1ccc2[nH]c(=O)c(CN(C)Cc3cccc(O)c3)cc2c1. The van der Waals surface area contributed by atoms with Gasteiger partial charge in [-0.05, 0) is 49.0 Å². The summed E-state index contributed by atoms with van der Waals surface area (Å²) in [7, 11) is 3.57. The Labute approximate surface area is 140 Å². The Kier molecular flexibility index (Phi) is 4.53. The lowest BCUT2D eigenvalue weighted by atomic mass is 10.1. The number of aromatic amines is 1. The van der Waals surface area contributed by atoms with Gasteiger partial charge in [0.1, 0.15) is 11.5 Å². The molecule has 0 fully saturated rings. The number of nitrogens with zero attached hydrogens (tertiary/aromatic N) is 1. The van der Waals surface area contributed by atoms with E-state index in [2.05, 4.69) is 4.98 Å². The molecule has 0 aliphatic heterocycles. The van der Waals surface area contributed by atoms with Gasteiger partial charge in [-0.1, -0.05) is 12.1 Å². The zero-order valence-electron chi connectivity index (χ0n) is 13.7. The molecule has 1 heterocycles. The molecule has 0 saturated carbocycles. The van der Waals surface area contributed by atoms with Crippen molar-refractivity contribution in [3.63, 3.8) is 0 Å². The fourth-order valence-corrected chi connectivity index (χ4v) is 2.79. The molecule has 0 bridgehead atoms. The lowest BCUT2D eigenvalue weighted by molar-refractivity contribution is 0.317. The van der Waals surface area contributed by atoms with Gasteiger partial charge >= 0.3 is 0 Å². The predicted molar refractivity (Wildman–Crippen MR) is 94.4 cm³/mol. The van der Waals surface area contributed by atoms with E-state index in [1.54, 1.807) is 19.2 Å². The normalized spacial score (nSPS) is 11.1. The summed E-state index contributed by atoms with van der Waals surface area (Å²) in [6.45, 7) is 1.15. The van der Waals surface area contributed by atoms with Crippen LogP contribution in [0.1, 0.15) is 11.1 Å². The van der Waals surface area contributed by atoms with Gasteiger partial charge in [0, 0.05) is 29.6 Å². The van der Waals surface area contributed by atoms with Crippen LogP contribution in [0.3, 0.4) is 0 Å². The van der Waals surface area contributed by atoms with Crippen molar-refractivity contribution in [3.8, 4) is 11.5 Å². The van der Waals surface area contributed by atoms with Crippen molar-refractivity contribution >= 4 is 10.9 Å². The number of aromatic hydroxyl groups is 1. The molecule has 124 valence electrons. The number of fused-ring (bicyclic) bond motifs is 1. The van der Waals surface area contributed by atoms with Gasteiger partial charge in [-0.25, -0.2) is 0 Å². The van der Waals surface area contributed by atoms with Gasteiger partial charge in [0.2, 0.25) is 0 Å². The summed E-state index contributed by atoms with van der Waals surface area (Å²) in [6, 6.07) is 14.6. The second-order valence-electron chi connectivity index (χ2n) is 5.92. The predicted octanol–water partition coefficient (Wildman–Crippen LogP) is 2.87. The van der Waals surface area contributed by atoms with E-state index in [1.807, 2.05) is 48.3 Å². The first-order chi connectivity index (χ1) is 11.5. The number of nitrogens with one attached hydrogen (secondary N) is 1. The van der Waals surface area contributed by atoms with E-state index in [1.165, 1.54) is 0 Å². The summed E-state index contributed by atoms with van der Waals surface area (Å²) in [5.74, 6) is 1.00. The van der Waals surface area contributed by atoms with Gasteiger partial charge in [-0.2, -0.15) is 0 Å². The van der Waals surface area contributed by atoms with Crippen molar-refractivity contribution < 1.29 is 9.84 Å². The maximum Gasteiger partial charge on any atom is 0.252 e. The Hall–Kier alpha value is -2.79. The van der Waals surface area contributed by atoms with Crippen molar-refractivity contribution in [2.45, 2.75) is 13.1 Å². The maximum atomic E-state index is 12.3. The summed E-state index contributed by atoms with van der Waals surface area (Å²) in [4.78, 5) is 17.2. The molecule has 0 radical (unpaired) electrons. The first-order valence-corrected chi connectivity index (χ1v) is 7.71. The molecule has 0 amide bonds. The minimum absolute atomic E-state index is 0.0876. The molecule has 0 aliphatic rings. The number of hydrogen-bond acceptors (Lipinski definition) is 4. The highest BCUT2D eigenvalue weighted by Crippen LogP contribution is 2.19. The summed E-state index contributed by atoms with van der Waals surface area (Å²) in [5, 5.41) is 10.5. The molecule has 5 nitrogen and oxygen atoms in total. The Morgan fingerprint density at radius 3 is 2.71 bits per heavy atom. The highest BCUT2D eigenvalue weighted by molar-refractivity contribution is 5.80. The van der Waals surface area contributed by atoms with Crippen molar-refractivity contribution in [1.82, 2.24) is 9.88 Å². The van der Waals surface area contributed by atoms with Crippen molar-refractivity contribution in [2.24, 2.45) is 0 Å². The molecule has 0 atom stereocenters. The lowest BCUT2D eigenvalue weighted by Crippen LogP contribution is -2.23. The average molecular weight is 324 g/mol. The first kappa shape index (κ1) is 16.1.